The molecule has 0 aromatic heterocycles. The van der Waals surface area contributed by atoms with Gasteiger partial charge in [0.2, 0.25) is 0 Å². The highest BCUT2D eigenvalue weighted by Gasteiger charge is 2.32. The first kappa shape index (κ1) is 17.3. The van der Waals surface area contributed by atoms with E-state index in [1.807, 2.05) is 0 Å². The lowest BCUT2D eigenvalue weighted by Crippen LogP contribution is -2.17. The SMILES string of the molecule is Cl.NCc1ccc(F)c(-c2ccccc2OC(F)(F)F)c1. The summed E-state index contributed by atoms with van der Waals surface area (Å²) in [5.74, 6) is -1.09. The molecular weight excluding hydrogens is 310 g/mol. The average Bonchev–Trinajstić information content (AvgIpc) is 2.38. The molecule has 0 amide bonds. The number of hydrogen-bond donors (Lipinski definition) is 1. The fourth-order valence-corrected chi connectivity index (χ4v) is 1.81. The lowest BCUT2D eigenvalue weighted by molar-refractivity contribution is -0.274. The summed E-state index contributed by atoms with van der Waals surface area (Å²) in [5.41, 5.74) is 6.11. The van der Waals surface area contributed by atoms with Gasteiger partial charge in [0.1, 0.15) is 11.6 Å². The second-order valence-corrected chi connectivity index (χ2v) is 4.06. The molecule has 2 rings (SSSR count). The van der Waals surface area contributed by atoms with Gasteiger partial charge >= 0.3 is 6.36 Å². The molecule has 0 unspecified atom stereocenters. The molecule has 0 aliphatic carbocycles. The molecular formula is C14H12ClF4NO. The minimum absolute atomic E-state index is 0. The Morgan fingerprint density at radius 2 is 1.67 bits per heavy atom. The molecule has 0 saturated carbocycles. The zero-order valence-corrected chi connectivity index (χ0v) is 11.5. The summed E-state index contributed by atoms with van der Waals surface area (Å²) in [6, 6.07) is 9.45. The normalized spacial score (nSPS) is 10.9. The van der Waals surface area contributed by atoms with E-state index in [4.69, 9.17) is 5.73 Å². The van der Waals surface area contributed by atoms with Crippen LogP contribution < -0.4 is 10.5 Å². The molecule has 0 radical (unpaired) electrons. The minimum Gasteiger partial charge on any atom is -0.405 e. The number of nitrogens with two attached hydrogens (primary N) is 1. The third-order valence-corrected chi connectivity index (χ3v) is 2.67. The summed E-state index contributed by atoms with van der Waals surface area (Å²) in [6.07, 6.45) is -4.84. The van der Waals surface area contributed by atoms with Crippen LogP contribution in [0.2, 0.25) is 0 Å². The summed E-state index contributed by atoms with van der Waals surface area (Å²) in [5, 5.41) is 0. The first-order chi connectivity index (χ1) is 9.40. The predicted octanol–water partition coefficient (Wildman–Crippen LogP) is 4.27. The number of alkyl halides is 3. The number of hydrogen-bond acceptors (Lipinski definition) is 2. The smallest absolute Gasteiger partial charge is 0.405 e. The Bertz CT molecular complexity index is 616. The third kappa shape index (κ3) is 4.34. The van der Waals surface area contributed by atoms with Crippen LogP contribution >= 0.6 is 12.4 Å². The van der Waals surface area contributed by atoms with E-state index in [2.05, 4.69) is 4.74 Å². The molecule has 0 bridgehead atoms. The summed E-state index contributed by atoms with van der Waals surface area (Å²) in [4.78, 5) is 0. The van der Waals surface area contributed by atoms with Crippen molar-refractivity contribution in [2.45, 2.75) is 12.9 Å². The Labute approximate surface area is 124 Å². The highest BCUT2D eigenvalue weighted by Crippen LogP contribution is 2.35. The van der Waals surface area contributed by atoms with Crippen molar-refractivity contribution in [3.05, 3.63) is 53.8 Å². The van der Waals surface area contributed by atoms with Crippen LogP contribution in [0.15, 0.2) is 42.5 Å². The average molecular weight is 322 g/mol. The maximum Gasteiger partial charge on any atom is 0.573 e. The standard InChI is InChI=1S/C14H11F4NO.ClH/c15-12-6-5-9(8-19)7-11(12)10-3-1-2-4-13(10)20-14(16,17)18;/h1-7H,8,19H2;1H. The van der Waals surface area contributed by atoms with E-state index >= 15 is 0 Å². The Kier molecular flexibility index (Phi) is 5.57. The van der Waals surface area contributed by atoms with E-state index < -0.39 is 17.9 Å². The van der Waals surface area contributed by atoms with Crippen LogP contribution in [0.3, 0.4) is 0 Å². The molecule has 114 valence electrons. The van der Waals surface area contributed by atoms with E-state index in [1.54, 1.807) is 0 Å². The Balaban J connectivity index is 0.00000220. The minimum atomic E-state index is -4.84. The lowest BCUT2D eigenvalue weighted by atomic mass is 10.0. The first-order valence-corrected chi connectivity index (χ1v) is 5.74. The highest BCUT2D eigenvalue weighted by molar-refractivity contribution is 5.85. The Morgan fingerprint density at radius 1 is 1.00 bits per heavy atom. The van der Waals surface area contributed by atoms with Crippen LogP contribution in [0.4, 0.5) is 17.6 Å². The molecule has 0 fully saturated rings. The van der Waals surface area contributed by atoms with Gasteiger partial charge in [-0.15, -0.1) is 25.6 Å². The maximum atomic E-state index is 13.8. The number of halogens is 5. The molecule has 0 aliphatic heterocycles. The predicted molar refractivity (Wildman–Crippen MR) is 73.7 cm³/mol. The molecule has 2 nitrogen and oxygen atoms in total. The largest absolute Gasteiger partial charge is 0.573 e. The molecule has 21 heavy (non-hydrogen) atoms. The van der Waals surface area contributed by atoms with Gasteiger partial charge in [0.25, 0.3) is 0 Å². The van der Waals surface area contributed by atoms with Crippen molar-refractivity contribution in [3.8, 4) is 16.9 Å². The van der Waals surface area contributed by atoms with Gasteiger partial charge in [0, 0.05) is 17.7 Å². The topological polar surface area (TPSA) is 35.2 Å². The Hall–Kier alpha value is -1.79. The van der Waals surface area contributed by atoms with E-state index in [-0.39, 0.29) is 30.1 Å². The fraction of sp³-hybridized carbons (Fsp3) is 0.143. The van der Waals surface area contributed by atoms with Crippen molar-refractivity contribution in [1.29, 1.82) is 0 Å². The van der Waals surface area contributed by atoms with Gasteiger partial charge in [-0.3, -0.25) is 0 Å². The number of benzene rings is 2. The molecule has 2 N–H and O–H groups in total. The van der Waals surface area contributed by atoms with Gasteiger partial charge in [0.05, 0.1) is 0 Å². The van der Waals surface area contributed by atoms with Gasteiger partial charge in [-0.1, -0.05) is 24.3 Å². The highest BCUT2D eigenvalue weighted by atomic mass is 35.5. The van der Waals surface area contributed by atoms with Crippen molar-refractivity contribution in [3.63, 3.8) is 0 Å². The zero-order chi connectivity index (χ0) is 14.8. The molecule has 2 aromatic rings. The van der Waals surface area contributed by atoms with Crippen LogP contribution in [-0.2, 0) is 6.54 Å². The van der Waals surface area contributed by atoms with E-state index in [0.717, 1.165) is 6.07 Å². The number of ether oxygens (including phenoxy) is 1. The van der Waals surface area contributed by atoms with Crippen molar-refractivity contribution < 1.29 is 22.3 Å². The van der Waals surface area contributed by atoms with Crippen molar-refractivity contribution in [2.75, 3.05) is 0 Å². The maximum absolute atomic E-state index is 13.8. The Morgan fingerprint density at radius 3 is 2.29 bits per heavy atom. The molecule has 0 spiro atoms. The molecule has 0 heterocycles. The first-order valence-electron chi connectivity index (χ1n) is 5.74. The molecule has 2 aromatic carbocycles. The van der Waals surface area contributed by atoms with E-state index in [9.17, 15) is 17.6 Å². The van der Waals surface area contributed by atoms with Crippen molar-refractivity contribution in [2.24, 2.45) is 5.73 Å². The van der Waals surface area contributed by atoms with Gasteiger partial charge in [-0.05, 0) is 23.8 Å². The van der Waals surface area contributed by atoms with Crippen molar-refractivity contribution >= 4 is 12.4 Å². The lowest BCUT2D eigenvalue weighted by Gasteiger charge is -2.14. The van der Waals surface area contributed by atoms with Gasteiger partial charge in [0.15, 0.2) is 0 Å². The fourth-order valence-electron chi connectivity index (χ4n) is 1.81. The summed E-state index contributed by atoms with van der Waals surface area (Å²) < 4.78 is 54.8. The van der Waals surface area contributed by atoms with Gasteiger partial charge in [-0.2, -0.15) is 0 Å². The molecule has 0 atom stereocenters. The van der Waals surface area contributed by atoms with Crippen molar-refractivity contribution in [1.82, 2.24) is 0 Å². The molecule has 0 saturated heterocycles. The quantitative estimate of drug-likeness (QED) is 0.857. The van der Waals surface area contributed by atoms with Gasteiger partial charge < -0.3 is 10.5 Å². The monoisotopic (exact) mass is 321 g/mol. The third-order valence-electron chi connectivity index (χ3n) is 2.67. The number of rotatable bonds is 3. The van der Waals surface area contributed by atoms with Crippen LogP contribution in [0, 0.1) is 5.82 Å². The van der Waals surface area contributed by atoms with Crippen LogP contribution in [0.1, 0.15) is 5.56 Å². The number of para-hydroxylation sites is 1. The molecule has 0 aliphatic rings. The summed E-state index contributed by atoms with van der Waals surface area (Å²) >= 11 is 0. The van der Waals surface area contributed by atoms with E-state index in [1.165, 1.54) is 36.4 Å². The molecule has 7 heteroatoms. The van der Waals surface area contributed by atoms with Crippen LogP contribution in [0.25, 0.3) is 11.1 Å². The van der Waals surface area contributed by atoms with Gasteiger partial charge in [-0.25, -0.2) is 4.39 Å². The van der Waals surface area contributed by atoms with E-state index in [0.29, 0.717) is 5.56 Å². The summed E-state index contributed by atoms with van der Waals surface area (Å²) in [6.45, 7) is 0.162. The second-order valence-electron chi connectivity index (χ2n) is 4.06. The zero-order valence-electron chi connectivity index (χ0n) is 10.7. The summed E-state index contributed by atoms with van der Waals surface area (Å²) in [7, 11) is 0. The van der Waals surface area contributed by atoms with Crippen LogP contribution in [0.5, 0.6) is 5.75 Å². The second kappa shape index (κ2) is 6.78. The van der Waals surface area contributed by atoms with Crippen LogP contribution in [-0.4, -0.2) is 6.36 Å².